The number of amides is 4. The smallest absolute Gasteiger partial charge is 0.325 e. The first kappa shape index (κ1) is 22.2. The topological polar surface area (TPSA) is 116 Å². The van der Waals surface area contributed by atoms with Crippen molar-refractivity contribution < 1.29 is 22.8 Å². The molecule has 9 nitrogen and oxygen atoms in total. The number of carbonyl (C=O) groups excluding carboxylic acids is 3. The number of imide groups is 1. The summed E-state index contributed by atoms with van der Waals surface area (Å²) in [6, 6.07) is 5.52. The fourth-order valence-electron chi connectivity index (χ4n) is 3.42. The Morgan fingerprint density at radius 1 is 1.27 bits per heavy atom. The number of nitrogens with zero attached hydrogens (tertiary/aromatic N) is 2. The number of carbonyl (C=O) groups is 3. The van der Waals surface area contributed by atoms with Crippen LogP contribution in [0.4, 0.5) is 4.79 Å². The minimum absolute atomic E-state index is 0.131. The molecule has 0 radical (unpaired) electrons. The zero-order valence-electron chi connectivity index (χ0n) is 17.6. The highest BCUT2D eigenvalue weighted by molar-refractivity contribution is 7.89. The number of benzene rings is 1. The highest BCUT2D eigenvalue weighted by Crippen LogP contribution is 2.42. The van der Waals surface area contributed by atoms with Crippen molar-refractivity contribution in [1.29, 1.82) is 0 Å². The van der Waals surface area contributed by atoms with Gasteiger partial charge in [-0.25, -0.2) is 13.2 Å². The third-order valence-electron chi connectivity index (χ3n) is 5.81. The summed E-state index contributed by atoms with van der Waals surface area (Å²) in [7, 11) is -2.04. The summed E-state index contributed by atoms with van der Waals surface area (Å²) in [5, 5.41) is 5.37. The van der Waals surface area contributed by atoms with Gasteiger partial charge in [0.25, 0.3) is 5.91 Å². The number of rotatable bonds is 8. The molecule has 4 amide bonds. The van der Waals surface area contributed by atoms with Crippen LogP contribution >= 0.6 is 0 Å². The molecular formula is C20H28N4O5S. The average molecular weight is 437 g/mol. The van der Waals surface area contributed by atoms with Gasteiger partial charge in [0.1, 0.15) is 12.1 Å². The third kappa shape index (κ3) is 4.20. The Bertz CT molecular complexity index is 956. The summed E-state index contributed by atoms with van der Waals surface area (Å²) in [6.07, 6.45) is 1.78. The number of hydrogen-bond acceptors (Lipinski definition) is 5. The lowest BCUT2D eigenvalue weighted by molar-refractivity contribution is -0.135. The zero-order valence-corrected chi connectivity index (χ0v) is 18.5. The predicted molar refractivity (Wildman–Crippen MR) is 110 cm³/mol. The van der Waals surface area contributed by atoms with Crippen LogP contribution in [0.3, 0.4) is 0 Å². The van der Waals surface area contributed by atoms with E-state index in [9.17, 15) is 22.8 Å². The summed E-state index contributed by atoms with van der Waals surface area (Å²) in [4.78, 5) is 38.1. The van der Waals surface area contributed by atoms with E-state index in [0.29, 0.717) is 5.56 Å². The van der Waals surface area contributed by atoms with Crippen molar-refractivity contribution >= 4 is 27.9 Å². The van der Waals surface area contributed by atoms with Crippen LogP contribution in [-0.2, 0) is 26.2 Å². The summed E-state index contributed by atoms with van der Waals surface area (Å²) in [5.41, 5.74) is -0.212. The summed E-state index contributed by atoms with van der Waals surface area (Å²) >= 11 is 0. The fraction of sp³-hybridized carbons (Fsp3) is 0.550. The number of sulfonamides is 1. The third-order valence-corrected chi connectivity index (χ3v) is 7.86. The molecule has 30 heavy (non-hydrogen) atoms. The fourth-order valence-corrected chi connectivity index (χ4v) is 4.79. The van der Waals surface area contributed by atoms with Crippen LogP contribution in [0.2, 0.25) is 0 Å². The van der Waals surface area contributed by atoms with Gasteiger partial charge in [-0.05, 0) is 57.2 Å². The van der Waals surface area contributed by atoms with Crippen molar-refractivity contribution in [1.82, 2.24) is 19.8 Å². The highest BCUT2D eigenvalue weighted by atomic mass is 32.2. The maximum Gasteiger partial charge on any atom is 0.325 e. The Morgan fingerprint density at radius 2 is 1.87 bits per heavy atom. The van der Waals surface area contributed by atoms with E-state index in [-0.39, 0.29) is 35.9 Å². The normalized spacial score (nSPS) is 22.0. The molecule has 0 spiro atoms. The lowest BCUT2D eigenvalue weighted by atomic mass is 9.96. The molecule has 1 atom stereocenters. The van der Waals surface area contributed by atoms with E-state index in [4.69, 9.17) is 0 Å². The molecule has 1 aromatic carbocycles. The first-order chi connectivity index (χ1) is 14.0. The van der Waals surface area contributed by atoms with Crippen molar-refractivity contribution in [2.45, 2.75) is 56.6 Å². The first-order valence-electron chi connectivity index (χ1n) is 9.94. The van der Waals surface area contributed by atoms with E-state index in [1.54, 1.807) is 32.9 Å². The molecule has 1 aromatic rings. The summed E-state index contributed by atoms with van der Waals surface area (Å²) in [6.45, 7) is 5.09. The first-order valence-corrected chi connectivity index (χ1v) is 11.4. The second-order valence-electron chi connectivity index (χ2n) is 8.33. The lowest BCUT2D eigenvalue weighted by Gasteiger charge is -2.21. The molecule has 2 N–H and O–H groups in total. The number of hydrogen-bond donors (Lipinski definition) is 2. The maximum atomic E-state index is 12.6. The van der Waals surface area contributed by atoms with Crippen molar-refractivity contribution in [3.63, 3.8) is 0 Å². The standard InChI is InChI=1S/C20H28N4O5S/c1-13(2)23(4)30(28,29)16-9-5-14(6-10-16)11-21-17(25)12-24-18(26)20(3,15-7-8-15)22-19(24)27/h5-6,9-10,13,15H,7-8,11-12H2,1-4H3,(H,21,25)(H,22,27). The second kappa shape index (κ2) is 7.99. The predicted octanol–water partition coefficient (Wildman–Crippen LogP) is 1.05. The Morgan fingerprint density at radius 3 is 2.40 bits per heavy atom. The van der Waals surface area contributed by atoms with Crippen LogP contribution < -0.4 is 10.6 Å². The molecule has 1 aliphatic carbocycles. The Balaban J connectivity index is 1.56. The van der Waals surface area contributed by atoms with Gasteiger partial charge in [0.05, 0.1) is 4.90 Å². The van der Waals surface area contributed by atoms with E-state index in [1.165, 1.54) is 23.5 Å². The lowest BCUT2D eigenvalue weighted by Crippen LogP contribution is -2.46. The monoisotopic (exact) mass is 436 g/mol. The molecule has 1 saturated carbocycles. The van der Waals surface area contributed by atoms with Gasteiger partial charge >= 0.3 is 6.03 Å². The van der Waals surface area contributed by atoms with Gasteiger partial charge in [-0.15, -0.1) is 0 Å². The molecular weight excluding hydrogens is 408 g/mol. The van der Waals surface area contributed by atoms with Crippen LogP contribution in [0.25, 0.3) is 0 Å². The molecule has 10 heteroatoms. The Hall–Kier alpha value is -2.46. The van der Waals surface area contributed by atoms with Crippen molar-refractivity contribution in [2.75, 3.05) is 13.6 Å². The highest BCUT2D eigenvalue weighted by Gasteiger charge is 2.56. The summed E-state index contributed by atoms with van der Waals surface area (Å²) in [5.74, 6) is -0.699. The quantitative estimate of drug-likeness (QED) is 0.591. The molecule has 2 fully saturated rings. The zero-order chi connectivity index (χ0) is 22.3. The molecule has 0 aromatic heterocycles. The van der Waals surface area contributed by atoms with E-state index in [1.807, 2.05) is 0 Å². The van der Waals surface area contributed by atoms with Gasteiger partial charge in [0, 0.05) is 19.6 Å². The largest absolute Gasteiger partial charge is 0.350 e. The molecule has 1 aliphatic heterocycles. The molecule has 2 aliphatic rings. The van der Waals surface area contributed by atoms with Crippen molar-refractivity contribution in [3.05, 3.63) is 29.8 Å². The minimum atomic E-state index is -3.57. The van der Waals surface area contributed by atoms with Gasteiger partial charge < -0.3 is 10.6 Å². The molecule has 1 unspecified atom stereocenters. The van der Waals surface area contributed by atoms with Crippen LogP contribution in [0.15, 0.2) is 29.2 Å². The van der Waals surface area contributed by atoms with E-state index in [0.717, 1.165) is 17.7 Å². The van der Waals surface area contributed by atoms with Gasteiger partial charge in [-0.1, -0.05) is 12.1 Å². The molecule has 1 saturated heterocycles. The minimum Gasteiger partial charge on any atom is -0.350 e. The van der Waals surface area contributed by atoms with E-state index >= 15 is 0 Å². The van der Waals surface area contributed by atoms with Crippen LogP contribution in [0.1, 0.15) is 39.2 Å². The average Bonchev–Trinajstić information content (AvgIpc) is 3.52. The summed E-state index contributed by atoms with van der Waals surface area (Å²) < 4.78 is 26.3. The van der Waals surface area contributed by atoms with Crippen molar-refractivity contribution in [3.8, 4) is 0 Å². The second-order valence-corrected chi connectivity index (χ2v) is 10.3. The molecule has 164 valence electrons. The van der Waals surface area contributed by atoms with Crippen LogP contribution in [0.5, 0.6) is 0 Å². The van der Waals surface area contributed by atoms with Gasteiger partial charge in [-0.2, -0.15) is 4.31 Å². The SMILES string of the molecule is CC(C)N(C)S(=O)(=O)c1ccc(CNC(=O)CN2C(=O)NC(C)(C3CC3)C2=O)cc1. The molecule has 3 rings (SSSR count). The maximum absolute atomic E-state index is 12.6. The van der Waals surface area contributed by atoms with E-state index in [2.05, 4.69) is 10.6 Å². The Kier molecular flexibility index (Phi) is 5.92. The molecule has 0 bridgehead atoms. The van der Waals surface area contributed by atoms with Crippen LogP contribution in [0, 0.1) is 5.92 Å². The van der Waals surface area contributed by atoms with Gasteiger partial charge in [0.2, 0.25) is 15.9 Å². The number of urea groups is 1. The molecule has 1 heterocycles. The van der Waals surface area contributed by atoms with Crippen LogP contribution in [-0.4, -0.2) is 60.6 Å². The number of nitrogens with one attached hydrogen (secondary N) is 2. The van der Waals surface area contributed by atoms with Crippen molar-refractivity contribution in [2.24, 2.45) is 5.92 Å². The van der Waals surface area contributed by atoms with Gasteiger partial charge in [-0.3, -0.25) is 14.5 Å². The van der Waals surface area contributed by atoms with Gasteiger partial charge in [0.15, 0.2) is 0 Å². The Labute approximate surface area is 176 Å². The van der Waals surface area contributed by atoms with E-state index < -0.39 is 27.5 Å².